The smallest absolute Gasteiger partial charge is 0.260 e. The van der Waals surface area contributed by atoms with Crippen LogP contribution in [0.1, 0.15) is 10.4 Å². The van der Waals surface area contributed by atoms with E-state index in [0.717, 1.165) is 5.56 Å². The monoisotopic (exact) mass is 406 g/mol. The van der Waals surface area contributed by atoms with Crippen LogP contribution in [0.15, 0.2) is 52.3 Å². The number of nitrogens with zero attached hydrogens (tertiary/aromatic N) is 1. The van der Waals surface area contributed by atoms with Crippen LogP contribution in [0, 0.1) is 5.82 Å². The van der Waals surface area contributed by atoms with E-state index in [2.05, 4.69) is 26.2 Å². The number of methoxy groups -OCH3 is 1. The molecule has 0 aliphatic rings. The summed E-state index contributed by atoms with van der Waals surface area (Å²) in [6.45, 7) is 0. The topological polar surface area (TPSA) is 51.2 Å². The van der Waals surface area contributed by atoms with Crippen LogP contribution >= 0.6 is 27.3 Å². The van der Waals surface area contributed by atoms with Gasteiger partial charge in [0.15, 0.2) is 5.13 Å². The summed E-state index contributed by atoms with van der Waals surface area (Å²) in [6, 6.07) is 11.7. The molecule has 122 valence electrons. The third kappa shape index (κ3) is 3.47. The molecule has 0 bridgehead atoms. The Hall–Kier alpha value is -2.25. The third-order valence-corrected chi connectivity index (χ3v) is 4.53. The van der Waals surface area contributed by atoms with Gasteiger partial charge in [0.2, 0.25) is 0 Å². The molecule has 2 aromatic carbocycles. The van der Waals surface area contributed by atoms with E-state index in [1.165, 1.54) is 23.5 Å². The van der Waals surface area contributed by atoms with Gasteiger partial charge in [-0.1, -0.05) is 28.1 Å². The van der Waals surface area contributed by atoms with Gasteiger partial charge in [-0.25, -0.2) is 9.37 Å². The molecule has 1 N–H and O–H groups in total. The van der Waals surface area contributed by atoms with Crippen molar-refractivity contribution in [2.75, 3.05) is 12.4 Å². The summed E-state index contributed by atoms with van der Waals surface area (Å²) in [5.74, 6) is -0.441. The van der Waals surface area contributed by atoms with Gasteiger partial charge >= 0.3 is 0 Å². The van der Waals surface area contributed by atoms with Gasteiger partial charge in [0.05, 0.1) is 18.4 Å². The highest BCUT2D eigenvalue weighted by Gasteiger charge is 2.15. The van der Waals surface area contributed by atoms with Crippen molar-refractivity contribution in [1.82, 2.24) is 4.98 Å². The van der Waals surface area contributed by atoms with Crippen molar-refractivity contribution in [1.29, 1.82) is 0 Å². The highest BCUT2D eigenvalue weighted by atomic mass is 79.9. The maximum absolute atomic E-state index is 13.8. The Morgan fingerprint density at radius 1 is 1.29 bits per heavy atom. The third-order valence-electron chi connectivity index (χ3n) is 3.28. The van der Waals surface area contributed by atoms with Gasteiger partial charge in [0.25, 0.3) is 5.91 Å². The second-order valence-corrected chi connectivity index (χ2v) is 6.59. The number of nitrogens with one attached hydrogen (secondary N) is 1. The number of amides is 1. The van der Waals surface area contributed by atoms with E-state index in [1.54, 1.807) is 13.2 Å². The van der Waals surface area contributed by atoms with Gasteiger partial charge < -0.3 is 4.74 Å². The molecular formula is C17H12BrFN2O2S. The Morgan fingerprint density at radius 3 is 2.83 bits per heavy atom. The van der Waals surface area contributed by atoms with Crippen LogP contribution in [0.2, 0.25) is 0 Å². The molecule has 1 amide bonds. The molecule has 0 saturated heterocycles. The minimum Gasteiger partial charge on any atom is -0.496 e. The highest BCUT2D eigenvalue weighted by molar-refractivity contribution is 9.10. The number of benzene rings is 2. The standard InChI is InChI=1S/C17H12BrFN2O2S/c1-23-15-5-3-2-4-12(15)14-9-24-17(20-14)21-16(22)11-7-6-10(18)8-13(11)19/h2-9H,1H3,(H,20,21,22). The Balaban J connectivity index is 1.82. The Kier molecular flexibility index (Phi) is 4.92. The van der Waals surface area contributed by atoms with Gasteiger partial charge in [-0.15, -0.1) is 11.3 Å². The first kappa shape index (κ1) is 16.6. The van der Waals surface area contributed by atoms with Crippen molar-refractivity contribution >= 4 is 38.3 Å². The SMILES string of the molecule is COc1ccccc1-c1csc(NC(=O)c2ccc(Br)cc2F)n1. The van der Waals surface area contributed by atoms with E-state index in [9.17, 15) is 9.18 Å². The number of carbonyl (C=O) groups is 1. The summed E-state index contributed by atoms with van der Waals surface area (Å²) in [4.78, 5) is 16.6. The largest absolute Gasteiger partial charge is 0.496 e. The predicted molar refractivity (Wildman–Crippen MR) is 96.2 cm³/mol. The number of carbonyl (C=O) groups excluding carboxylic acids is 1. The fraction of sp³-hybridized carbons (Fsp3) is 0.0588. The number of hydrogen-bond acceptors (Lipinski definition) is 4. The van der Waals surface area contributed by atoms with E-state index < -0.39 is 11.7 Å². The minimum atomic E-state index is -0.594. The van der Waals surface area contributed by atoms with Crippen LogP contribution in [0.5, 0.6) is 5.75 Å². The lowest BCUT2D eigenvalue weighted by Crippen LogP contribution is -2.13. The highest BCUT2D eigenvalue weighted by Crippen LogP contribution is 2.32. The average molecular weight is 407 g/mol. The summed E-state index contributed by atoms with van der Waals surface area (Å²) in [5.41, 5.74) is 1.47. The molecule has 3 aromatic rings. The Labute approximate surface area is 150 Å². The van der Waals surface area contributed by atoms with Crippen LogP contribution in [-0.2, 0) is 0 Å². The number of anilines is 1. The molecule has 0 aliphatic heterocycles. The van der Waals surface area contributed by atoms with Crippen molar-refractivity contribution in [3.8, 4) is 17.0 Å². The van der Waals surface area contributed by atoms with Crippen LogP contribution < -0.4 is 10.1 Å². The van der Waals surface area contributed by atoms with Gasteiger partial charge in [-0.3, -0.25) is 10.1 Å². The zero-order valence-corrected chi connectivity index (χ0v) is 14.9. The molecule has 24 heavy (non-hydrogen) atoms. The zero-order chi connectivity index (χ0) is 17.1. The lowest BCUT2D eigenvalue weighted by atomic mass is 10.1. The van der Waals surface area contributed by atoms with E-state index in [4.69, 9.17) is 4.74 Å². The molecule has 0 aliphatic carbocycles. The first-order valence-electron chi connectivity index (χ1n) is 6.94. The number of thiazole rings is 1. The number of rotatable bonds is 4. The maximum Gasteiger partial charge on any atom is 0.260 e. The number of para-hydroxylation sites is 1. The van der Waals surface area contributed by atoms with E-state index >= 15 is 0 Å². The summed E-state index contributed by atoms with van der Waals surface area (Å²) in [7, 11) is 1.59. The Bertz CT molecular complexity index is 898. The van der Waals surface area contributed by atoms with Crippen molar-refractivity contribution in [2.45, 2.75) is 0 Å². The second-order valence-electron chi connectivity index (χ2n) is 4.82. The van der Waals surface area contributed by atoms with Gasteiger partial charge in [-0.2, -0.15) is 0 Å². The van der Waals surface area contributed by atoms with Crippen LogP contribution in [0.4, 0.5) is 9.52 Å². The fourth-order valence-electron chi connectivity index (χ4n) is 2.15. The molecule has 0 saturated carbocycles. The number of hydrogen-bond donors (Lipinski definition) is 1. The molecule has 3 rings (SSSR count). The molecule has 0 unspecified atom stereocenters. The Morgan fingerprint density at radius 2 is 2.08 bits per heavy atom. The summed E-state index contributed by atoms with van der Waals surface area (Å²) in [5, 5.41) is 4.82. The zero-order valence-electron chi connectivity index (χ0n) is 12.5. The second kappa shape index (κ2) is 7.11. The lowest BCUT2D eigenvalue weighted by molar-refractivity contribution is 0.102. The van der Waals surface area contributed by atoms with Crippen molar-refractivity contribution < 1.29 is 13.9 Å². The fourth-order valence-corrected chi connectivity index (χ4v) is 3.19. The molecule has 0 spiro atoms. The van der Waals surface area contributed by atoms with E-state index in [1.807, 2.05) is 29.6 Å². The predicted octanol–water partition coefficient (Wildman–Crippen LogP) is 4.97. The number of halogens is 2. The van der Waals surface area contributed by atoms with Gasteiger partial charge in [0.1, 0.15) is 11.6 Å². The van der Waals surface area contributed by atoms with E-state index in [-0.39, 0.29) is 5.56 Å². The lowest BCUT2D eigenvalue weighted by Gasteiger charge is -2.05. The quantitative estimate of drug-likeness (QED) is 0.664. The van der Waals surface area contributed by atoms with E-state index in [0.29, 0.717) is 21.0 Å². The molecule has 4 nitrogen and oxygen atoms in total. The summed E-state index contributed by atoms with van der Waals surface area (Å²) >= 11 is 4.43. The summed E-state index contributed by atoms with van der Waals surface area (Å²) in [6.07, 6.45) is 0. The number of ether oxygens (including phenoxy) is 1. The van der Waals surface area contributed by atoms with Crippen LogP contribution in [0.25, 0.3) is 11.3 Å². The molecular weight excluding hydrogens is 395 g/mol. The molecule has 0 radical (unpaired) electrons. The first-order valence-corrected chi connectivity index (χ1v) is 8.61. The van der Waals surface area contributed by atoms with Crippen LogP contribution in [0.3, 0.4) is 0 Å². The molecule has 0 atom stereocenters. The first-order chi connectivity index (χ1) is 11.6. The van der Waals surface area contributed by atoms with Gasteiger partial charge in [-0.05, 0) is 30.3 Å². The minimum absolute atomic E-state index is 0.0350. The average Bonchev–Trinajstić information content (AvgIpc) is 3.03. The summed E-state index contributed by atoms with van der Waals surface area (Å²) < 4.78 is 19.7. The van der Waals surface area contributed by atoms with Crippen LogP contribution in [-0.4, -0.2) is 18.0 Å². The number of aromatic nitrogens is 1. The molecule has 1 heterocycles. The molecule has 0 fully saturated rings. The molecule has 1 aromatic heterocycles. The van der Waals surface area contributed by atoms with Crippen molar-refractivity contribution in [3.63, 3.8) is 0 Å². The van der Waals surface area contributed by atoms with Gasteiger partial charge in [0, 0.05) is 15.4 Å². The maximum atomic E-state index is 13.8. The van der Waals surface area contributed by atoms with Crippen molar-refractivity contribution in [3.05, 3.63) is 63.7 Å². The normalized spacial score (nSPS) is 10.5. The van der Waals surface area contributed by atoms with Crippen molar-refractivity contribution in [2.24, 2.45) is 0 Å². The molecule has 7 heteroatoms.